The summed E-state index contributed by atoms with van der Waals surface area (Å²) in [5.41, 5.74) is -0.298. The highest BCUT2D eigenvalue weighted by atomic mass is 35.5. The molecule has 0 aliphatic rings. The number of rotatable bonds is 4. The van der Waals surface area contributed by atoms with E-state index in [1.165, 1.54) is 10.7 Å². The van der Waals surface area contributed by atoms with Crippen LogP contribution in [0.25, 0.3) is 0 Å². The lowest BCUT2D eigenvalue weighted by molar-refractivity contribution is 0.0661. The first-order valence-electron chi connectivity index (χ1n) is 6.18. The lowest BCUT2D eigenvalue weighted by Crippen LogP contribution is -2.20. The number of ether oxygens (including phenoxy) is 1. The van der Waals surface area contributed by atoms with Gasteiger partial charge in [0, 0.05) is 11.1 Å². The van der Waals surface area contributed by atoms with Gasteiger partial charge in [0.2, 0.25) is 0 Å². The molecule has 0 spiro atoms. The van der Waals surface area contributed by atoms with E-state index in [0.717, 1.165) is 6.20 Å². The van der Waals surface area contributed by atoms with Crippen molar-refractivity contribution in [3.63, 3.8) is 0 Å². The van der Waals surface area contributed by atoms with E-state index in [1.54, 1.807) is 32.0 Å². The van der Waals surface area contributed by atoms with Crippen LogP contribution in [0.1, 0.15) is 40.7 Å². The van der Waals surface area contributed by atoms with Crippen molar-refractivity contribution in [2.75, 3.05) is 0 Å². The molecule has 0 saturated heterocycles. The standard InChI is InChI=1S/C14H13ClN2O4/c1-8(2)17-12(11(7-16-17)13(18)19)14(20)21-10-5-3-4-9(15)6-10/h3-8H,1-2H3,(H,18,19). The molecule has 0 fully saturated rings. The van der Waals surface area contributed by atoms with Crippen molar-refractivity contribution in [3.8, 4) is 5.75 Å². The number of aromatic nitrogens is 2. The highest BCUT2D eigenvalue weighted by molar-refractivity contribution is 6.30. The molecule has 21 heavy (non-hydrogen) atoms. The van der Waals surface area contributed by atoms with Gasteiger partial charge in [-0.3, -0.25) is 4.68 Å². The summed E-state index contributed by atoms with van der Waals surface area (Å²) in [6.45, 7) is 3.57. The molecule has 0 aliphatic carbocycles. The highest BCUT2D eigenvalue weighted by Gasteiger charge is 2.26. The maximum Gasteiger partial charge on any atom is 0.362 e. The second-order valence-electron chi connectivity index (χ2n) is 4.60. The number of halogens is 1. The molecule has 0 aliphatic heterocycles. The molecule has 6 nitrogen and oxygen atoms in total. The van der Waals surface area contributed by atoms with Crippen LogP contribution in [0.3, 0.4) is 0 Å². The first-order valence-corrected chi connectivity index (χ1v) is 6.56. The minimum atomic E-state index is -1.24. The number of benzene rings is 1. The Morgan fingerprint density at radius 1 is 1.38 bits per heavy atom. The number of carbonyl (C=O) groups excluding carboxylic acids is 1. The molecular formula is C14H13ClN2O4. The van der Waals surface area contributed by atoms with Crippen molar-refractivity contribution in [3.05, 3.63) is 46.7 Å². The predicted octanol–water partition coefficient (Wildman–Crippen LogP) is 3.03. The summed E-state index contributed by atoms with van der Waals surface area (Å²) in [6.07, 6.45) is 1.14. The lowest BCUT2D eigenvalue weighted by atomic mass is 10.2. The summed E-state index contributed by atoms with van der Waals surface area (Å²) < 4.78 is 6.49. The summed E-state index contributed by atoms with van der Waals surface area (Å²) in [7, 11) is 0. The highest BCUT2D eigenvalue weighted by Crippen LogP contribution is 2.21. The minimum Gasteiger partial charge on any atom is -0.478 e. The lowest BCUT2D eigenvalue weighted by Gasteiger charge is -2.11. The summed E-state index contributed by atoms with van der Waals surface area (Å²) >= 11 is 5.81. The average molecular weight is 309 g/mol. The Bertz CT molecular complexity index is 694. The van der Waals surface area contributed by atoms with Crippen molar-refractivity contribution >= 4 is 23.5 Å². The Labute approximate surface area is 125 Å². The third kappa shape index (κ3) is 3.22. The number of carbonyl (C=O) groups is 2. The van der Waals surface area contributed by atoms with E-state index in [9.17, 15) is 9.59 Å². The predicted molar refractivity (Wildman–Crippen MR) is 76.0 cm³/mol. The van der Waals surface area contributed by atoms with E-state index in [1.807, 2.05) is 0 Å². The van der Waals surface area contributed by atoms with Crippen LogP contribution >= 0.6 is 11.6 Å². The van der Waals surface area contributed by atoms with Gasteiger partial charge in [0.15, 0.2) is 5.69 Å². The zero-order chi connectivity index (χ0) is 15.6. The van der Waals surface area contributed by atoms with Crippen molar-refractivity contribution < 1.29 is 19.4 Å². The minimum absolute atomic E-state index is 0.0996. The largest absolute Gasteiger partial charge is 0.478 e. The van der Waals surface area contributed by atoms with Crippen LogP contribution in [0.4, 0.5) is 0 Å². The van der Waals surface area contributed by atoms with Crippen LogP contribution in [-0.4, -0.2) is 26.8 Å². The van der Waals surface area contributed by atoms with Gasteiger partial charge < -0.3 is 9.84 Å². The Kier molecular flexibility index (Phi) is 4.28. The van der Waals surface area contributed by atoms with Gasteiger partial charge in [0.25, 0.3) is 0 Å². The van der Waals surface area contributed by atoms with Crippen molar-refractivity contribution in [1.29, 1.82) is 0 Å². The van der Waals surface area contributed by atoms with Crippen LogP contribution in [0.5, 0.6) is 5.75 Å². The Morgan fingerprint density at radius 3 is 2.67 bits per heavy atom. The molecule has 2 aromatic rings. The molecule has 1 N–H and O–H groups in total. The molecule has 0 radical (unpaired) electrons. The van der Waals surface area contributed by atoms with Crippen LogP contribution in [0.15, 0.2) is 30.5 Å². The molecule has 0 bridgehead atoms. The van der Waals surface area contributed by atoms with Crippen molar-refractivity contribution in [2.24, 2.45) is 0 Å². The van der Waals surface area contributed by atoms with E-state index >= 15 is 0 Å². The van der Waals surface area contributed by atoms with Gasteiger partial charge in [-0.05, 0) is 32.0 Å². The Hall–Kier alpha value is -2.34. The maximum absolute atomic E-state index is 12.2. The summed E-state index contributed by atoms with van der Waals surface area (Å²) in [6, 6.07) is 6.11. The number of carboxylic acid groups (broad SMARTS) is 1. The molecule has 1 heterocycles. The third-order valence-corrected chi connectivity index (χ3v) is 2.95. The van der Waals surface area contributed by atoms with Crippen LogP contribution in [-0.2, 0) is 0 Å². The normalized spacial score (nSPS) is 10.7. The quantitative estimate of drug-likeness (QED) is 0.693. The average Bonchev–Trinajstić information content (AvgIpc) is 2.83. The molecule has 0 saturated carbocycles. The second kappa shape index (κ2) is 5.97. The second-order valence-corrected chi connectivity index (χ2v) is 5.03. The van der Waals surface area contributed by atoms with E-state index < -0.39 is 11.9 Å². The fourth-order valence-corrected chi connectivity index (χ4v) is 1.98. The smallest absolute Gasteiger partial charge is 0.362 e. The van der Waals surface area contributed by atoms with E-state index in [2.05, 4.69) is 5.10 Å². The number of hydrogen-bond donors (Lipinski definition) is 1. The third-order valence-electron chi connectivity index (χ3n) is 2.71. The summed E-state index contributed by atoms with van der Waals surface area (Å²) in [4.78, 5) is 23.4. The van der Waals surface area contributed by atoms with Gasteiger partial charge in [-0.25, -0.2) is 9.59 Å². The monoisotopic (exact) mass is 308 g/mol. The number of aromatic carboxylic acids is 1. The zero-order valence-electron chi connectivity index (χ0n) is 11.4. The SMILES string of the molecule is CC(C)n1ncc(C(=O)O)c1C(=O)Oc1cccc(Cl)c1. The van der Waals surface area contributed by atoms with Crippen LogP contribution in [0.2, 0.25) is 5.02 Å². The molecule has 110 valence electrons. The molecule has 0 atom stereocenters. The Morgan fingerprint density at radius 2 is 2.10 bits per heavy atom. The molecule has 1 aromatic carbocycles. The topological polar surface area (TPSA) is 81.4 Å². The molecular weight excluding hydrogens is 296 g/mol. The number of hydrogen-bond acceptors (Lipinski definition) is 4. The van der Waals surface area contributed by atoms with Gasteiger partial charge in [-0.1, -0.05) is 17.7 Å². The molecule has 7 heteroatoms. The fourth-order valence-electron chi connectivity index (χ4n) is 1.80. The first-order chi connectivity index (χ1) is 9.90. The van der Waals surface area contributed by atoms with E-state index in [-0.39, 0.29) is 23.0 Å². The number of esters is 1. The zero-order valence-corrected chi connectivity index (χ0v) is 12.2. The van der Waals surface area contributed by atoms with E-state index in [4.69, 9.17) is 21.4 Å². The fraction of sp³-hybridized carbons (Fsp3) is 0.214. The summed E-state index contributed by atoms with van der Waals surface area (Å²) in [5, 5.41) is 13.5. The van der Waals surface area contributed by atoms with Crippen LogP contribution in [0, 0.1) is 0 Å². The molecule has 2 rings (SSSR count). The van der Waals surface area contributed by atoms with Gasteiger partial charge in [-0.15, -0.1) is 0 Å². The van der Waals surface area contributed by atoms with Crippen molar-refractivity contribution in [2.45, 2.75) is 19.9 Å². The number of carboxylic acids is 1. The number of nitrogens with zero attached hydrogens (tertiary/aromatic N) is 2. The first kappa shape index (κ1) is 15.1. The molecule has 0 unspecified atom stereocenters. The van der Waals surface area contributed by atoms with Gasteiger partial charge >= 0.3 is 11.9 Å². The molecule has 1 aromatic heterocycles. The summed E-state index contributed by atoms with van der Waals surface area (Å²) in [5.74, 6) is -1.79. The van der Waals surface area contributed by atoms with Gasteiger partial charge in [0.1, 0.15) is 11.3 Å². The molecule has 0 amide bonds. The Balaban J connectivity index is 2.38. The van der Waals surface area contributed by atoms with Gasteiger partial charge in [0.05, 0.1) is 6.20 Å². The van der Waals surface area contributed by atoms with Crippen LogP contribution < -0.4 is 4.74 Å². The maximum atomic E-state index is 12.2. The van der Waals surface area contributed by atoms with Gasteiger partial charge in [-0.2, -0.15) is 5.10 Å². The van der Waals surface area contributed by atoms with Crippen molar-refractivity contribution in [1.82, 2.24) is 9.78 Å². The van der Waals surface area contributed by atoms with E-state index in [0.29, 0.717) is 5.02 Å².